The number of carboxylic acids is 1. The van der Waals surface area contributed by atoms with E-state index in [1.54, 1.807) is 20.3 Å². The maximum atomic E-state index is 11.0. The van der Waals surface area contributed by atoms with Crippen molar-refractivity contribution in [2.75, 3.05) is 14.2 Å². The topological polar surface area (TPSA) is 68.7 Å². The Morgan fingerprint density at radius 1 is 1.20 bits per heavy atom. The molecule has 5 nitrogen and oxygen atoms in total. The highest BCUT2D eigenvalue weighted by atomic mass is 16.5. The Balaban J connectivity index is 2.60. The van der Waals surface area contributed by atoms with Gasteiger partial charge in [0.2, 0.25) is 0 Å². The summed E-state index contributed by atoms with van der Waals surface area (Å²) in [6.45, 7) is 1.88. The number of pyridine rings is 1. The zero-order chi connectivity index (χ0) is 14.7. The highest BCUT2D eigenvalue weighted by Crippen LogP contribution is 2.37. The summed E-state index contributed by atoms with van der Waals surface area (Å²) >= 11 is 0. The smallest absolute Gasteiger partial charge is 0.335 e. The van der Waals surface area contributed by atoms with Gasteiger partial charge in [-0.25, -0.2) is 4.79 Å². The van der Waals surface area contributed by atoms with E-state index < -0.39 is 5.97 Å². The molecule has 0 radical (unpaired) electrons. The van der Waals surface area contributed by atoms with Crippen molar-refractivity contribution in [2.45, 2.75) is 6.92 Å². The fourth-order valence-electron chi connectivity index (χ4n) is 2.07. The van der Waals surface area contributed by atoms with E-state index in [2.05, 4.69) is 4.98 Å². The Kier molecular flexibility index (Phi) is 3.89. The molecule has 0 unspecified atom stereocenters. The van der Waals surface area contributed by atoms with Crippen LogP contribution in [0.4, 0.5) is 0 Å². The molecule has 0 amide bonds. The van der Waals surface area contributed by atoms with Crippen LogP contribution in [0.25, 0.3) is 11.3 Å². The van der Waals surface area contributed by atoms with Gasteiger partial charge in [0.25, 0.3) is 0 Å². The zero-order valence-electron chi connectivity index (χ0n) is 11.5. The molecule has 1 N–H and O–H groups in total. The van der Waals surface area contributed by atoms with E-state index in [-0.39, 0.29) is 5.56 Å². The summed E-state index contributed by atoms with van der Waals surface area (Å²) < 4.78 is 10.7. The molecule has 0 aliphatic rings. The molecule has 1 aromatic carbocycles. The number of nitrogens with zero attached hydrogens (tertiary/aromatic N) is 1. The summed E-state index contributed by atoms with van der Waals surface area (Å²) in [4.78, 5) is 15.2. The Labute approximate surface area is 116 Å². The van der Waals surface area contributed by atoms with E-state index in [4.69, 9.17) is 14.6 Å². The molecule has 1 heterocycles. The average molecular weight is 273 g/mol. The lowest BCUT2D eigenvalue weighted by Crippen LogP contribution is -1.99. The molecule has 0 fully saturated rings. The fraction of sp³-hybridized carbons (Fsp3) is 0.200. The predicted molar refractivity (Wildman–Crippen MR) is 74.5 cm³/mol. The Morgan fingerprint density at radius 2 is 1.95 bits per heavy atom. The summed E-state index contributed by atoms with van der Waals surface area (Å²) in [5, 5.41) is 9.04. The number of aromatic nitrogens is 1. The lowest BCUT2D eigenvalue weighted by molar-refractivity contribution is 0.0697. The second-order valence-electron chi connectivity index (χ2n) is 4.21. The van der Waals surface area contributed by atoms with Gasteiger partial charge in [-0.2, -0.15) is 0 Å². The zero-order valence-corrected chi connectivity index (χ0v) is 11.5. The molecule has 0 aliphatic carbocycles. The van der Waals surface area contributed by atoms with E-state index in [1.165, 1.54) is 18.3 Å². The van der Waals surface area contributed by atoms with Crippen molar-refractivity contribution in [3.63, 3.8) is 0 Å². The molecule has 0 saturated heterocycles. The third-order valence-electron chi connectivity index (χ3n) is 3.06. The van der Waals surface area contributed by atoms with Crippen molar-refractivity contribution in [3.05, 3.63) is 41.6 Å². The van der Waals surface area contributed by atoms with Gasteiger partial charge in [0.15, 0.2) is 0 Å². The van der Waals surface area contributed by atoms with Crippen LogP contribution in [0.15, 0.2) is 30.5 Å². The standard InChI is InChI=1S/C15H15NO4/c1-9-13(19-2)5-4-11(14(9)20-3)12-8-10(15(17)18)6-7-16-12/h4-8H,1-3H3,(H,17,18). The van der Waals surface area contributed by atoms with Crippen LogP contribution in [0.5, 0.6) is 11.5 Å². The van der Waals surface area contributed by atoms with Crippen LogP contribution in [0, 0.1) is 6.92 Å². The third kappa shape index (κ3) is 2.42. The van der Waals surface area contributed by atoms with Crippen LogP contribution in [0.3, 0.4) is 0 Å². The largest absolute Gasteiger partial charge is 0.496 e. The minimum atomic E-state index is -0.988. The van der Waals surface area contributed by atoms with Crippen LogP contribution < -0.4 is 9.47 Å². The molecule has 104 valence electrons. The molecule has 1 aromatic heterocycles. The predicted octanol–water partition coefficient (Wildman–Crippen LogP) is 2.77. The van der Waals surface area contributed by atoms with E-state index in [9.17, 15) is 4.79 Å². The number of hydrogen-bond acceptors (Lipinski definition) is 4. The van der Waals surface area contributed by atoms with E-state index in [0.717, 1.165) is 11.1 Å². The van der Waals surface area contributed by atoms with Crippen molar-refractivity contribution in [2.24, 2.45) is 0 Å². The van der Waals surface area contributed by atoms with Crippen LogP contribution in [0.2, 0.25) is 0 Å². The van der Waals surface area contributed by atoms with E-state index in [0.29, 0.717) is 17.2 Å². The van der Waals surface area contributed by atoms with Gasteiger partial charge in [-0.3, -0.25) is 4.98 Å². The fourth-order valence-corrected chi connectivity index (χ4v) is 2.07. The molecule has 0 bridgehead atoms. The van der Waals surface area contributed by atoms with Crippen LogP contribution >= 0.6 is 0 Å². The molecule has 20 heavy (non-hydrogen) atoms. The van der Waals surface area contributed by atoms with Crippen LogP contribution in [0.1, 0.15) is 15.9 Å². The third-order valence-corrected chi connectivity index (χ3v) is 3.06. The van der Waals surface area contributed by atoms with Crippen molar-refractivity contribution >= 4 is 5.97 Å². The number of rotatable bonds is 4. The second-order valence-corrected chi connectivity index (χ2v) is 4.21. The maximum absolute atomic E-state index is 11.0. The number of aromatic carboxylic acids is 1. The minimum absolute atomic E-state index is 0.186. The van der Waals surface area contributed by atoms with Gasteiger partial charge in [0, 0.05) is 17.3 Å². The first-order valence-electron chi connectivity index (χ1n) is 5.99. The van der Waals surface area contributed by atoms with Gasteiger partial charge >= 0.3 is 5.97 Å². The maximum Gasteiger partial charge on any atom is 0.335 e. The van der Waals surface area contributed by atoms with Gasteiger partial charge in [0.1, 0.15) is 11.5 Å². The summed E-state index contributed by atoms with van der Waals surface area (Å²) in [7, 11) is 3.15. The number of hydrogen-bond donors (Lipinski definition) is 1. The molecule has 2 aromatic rings. The first kappa shape index (κ1) is 13.9. The molecule has 2 rings (SSSR count). The summed E-state index contributed by atoms with van der Waals surface area (Å²) in [6, 6.07) is 6.59. The summed E-state index contributed by atoms with van der Waals surface area (Å²) in [5.74, 6) is 0.345. The summed E-state index contributed by atoms with van der Waals surface area (Å²) in [5.41, 5.74) is 2.31. The normalized spacial score (nSPS) is 10.2. The van der Waals surface area contributed by atoms with Crippen LogP contribution in [-0.4, -0.2) is 30.3 Å². The molecular formula is C15H15NO4. The highest BCUT2D eigenvalue weighted by molar-refractivity contribution is 5.89. The number of ether oxygens (including phenoxy) is 2. The number of carboxylic acid groups (broad SMARTS) is 1. The van der Waals surface area contributed by atoms with Crippen LogP contribution in [-0.2, 0) is 0 Å². The van der Waals surface area contributed by atoms with Crippen molar-refractivity contribution in [3.8, 4) is 22.8 Å². The number of carbonyl (C=O) groups is 1. The summed E-state index contributed by atoms with van der Waals surface area (Å²) in [6.07, 6.45) is 1.47. The van der Waals surface area contributed by atoms with Gasteiger partial charge in [0.05, 0.1) is 25.5 Å². The number of methoxy groups -OCH3 is 2. The van der Waals surface area contributed by atoms with E-state index in [1.807, 2.05) is 13.0 Å². The quantitative estimate of drug-likeness (QED) is 0.927. The lowest BCUT2D eigenvalue weighted by atomic mass is 10.0. The molecule has 0 atom stereocenters. The first-order chi connectivity index (χ1) is 9.58. The van der Waals surface area contributed by atoms with Crippen molar-refractivity contribution in [1.82, 2.24) is 4.98 Å². The minimum Gasteiger partial charge on any atom is -0.496 e. The van der Waals surface area contributed by atoms with Gasteiger partial charge in [-0.05, 0) is 31.2 Å². The van der Waals surface area contributed by atoms with Gasteiger partial charge in [-0.1, -0.05) is 0 Å². The average Bonchev–Trinajstić information content (AvgIpc) is 2.47. The Hall–Kier alpha value is -2.56. The Morgan fingerprint density at radius 3 is 2.55 bits per heavy atom. The van der Waals surface area contributed by atoms with Crippen molar-refractivity contribution < 1.29 is 19.4 Å². The molecule has 0 saturated carbocycles. The van der Waals surface area contributed by atoms with E-state index >= 15 is 0 Å². The molecular weight excluding hydrogens is 258 g/mol. The molecule has 0 spiro atoms. The lowest BCUT2D eigenvalue weighted by Gasteiger charge is -2.14. The first-order valence-corrected chi connectivity index (χ1v) is 5.99. The Bertz CT molecular complexity index is 652. The highest BCUT2D eigenvalue weighted by Gasteiger charge is 2.15. The second kappa shape index (κ2) is 5.61. The molecule has 5 heteroatoms. The molecule has 0 aliphatic heterocycles. The monoisotopic (exact) mass is 273 g/mol. The van der Waals surface area contributed by atoms with Gasteiger partial charge < -0.3 is 14.6 Å². The van der Waals surface area contributed by atoms with Gasteiger partial charge in [-0.15, -0.1) is 0 Å². The van der Waals surface area contributed by atoms with Crippen molar-refractivity contribution in [1.29, 1.82) is 0 Å². The SMILES string of the molecule is COc1ccc(-c2cc(C(=O)O)ccn2)c(OC)c1C. The number of benzene rings is 1.